The third-order valence-corrected chi connectivity index (χ3v) is 8.23. The highest BCUT2D eigenvalue weighted by atomic mass is 35.5. The zero-order valence-electron chi connectivity index (χ0n) is 20.0. The number of nitrogens with one attached hydrogen (secondary N) is 1. The lowest BCUT2D eigenvalue weighted by Crippen LogP contribution is -2.41. The molecule has 3 aromatic carbocycles. The van der Waals surface area contributed by atoms with Gasteiger partial charge < -0.3 is 10.2 Å². The number of hydrogen-bond acceptors (Lipinski definition) is 4. The first-order valence-corrected chi connectivity index (χ1v) is 13.5. The van der Waals surface area contributed by atoms with Gasteiger partial charge in [0.1, 0.15) is 6.54 Å². The Kier molecular flexibility index (Phi) is 7.67. The third-order valence-electron chi connectivity index (χ3n) is 6.22. The molecule has 0 aliphatic carbocycles. The second-order valence-electron chi connectivity index (χ2n) is 8.89. The quantitative estimate of drug-likeness (QED) is 0.458. The number of carbonyl (C=O) groups excluding carboxylic acids is 1. The number of carbonyl (C=O) groups is 1. The van der Waals surface area contributed by atoms with E-state index in [-0.39, 0.29) is 11.4 Å². The maximum absolute atomic E-state index is 13.6. The van der Waals surface area contributed by atoms with Crippen molar-refractivity contribution < 1.29 is 13.2 Å². The number of halogens is 1. The summed E-state index contributed by atoms with van der Waals surface area (Å²) in [4.78, 5) is 15.4. The van der Waals surface area contributed by atoms with Crippen LogP contribution in [0.4, 0.5) is 11.4 Å². The Bertz CT molecular complexity index is 1290. The van der Waals surface area contributed by atoms with Gasteiger partial charge in [0.15, 0.2) is 0 Å². The van der Waals surface area contributed by atoms with Gasteiger partial charge in [-0.1, -0.05) is 41.4 Å². The van der Waals surface area contributed by atoms with E-state index in [1.54, 1.807) is 49.4 Å². The topological polar surface area (TPSA) is 69.7 Å². The van der Waals surface area contributed by atoms with Gasteiger partial charge in [-0.3, -0.25) is 9.10 Å². The highest BCUT2D eigenvalue weighted by molar-refractivity contribution is 7.92. The number of aryl methyl sites for hydroxylation is 2. The van der Waals surface area contributed by atoms with E-state index >= 15 is 0 Å². The lowest BCUT2D eigenvalue weighted by Gasteiger charge is -2.26. The van der Waals surface area contributed by atoms with Crippen molar-refractivity contribution in [1.29, 1.82) is 0 Å². The van der Waals surface area contributed by atoms with Gasteiger partial charge in [-0.15, -0.1) is 0 Å². The summed E-state index contributed by atoms with van der Waals surface area (Å²) in [5, 5.41) is 3.37. The number of anilines is 2. The van der Waals surface area contributed by atoms with Crippen LogP contribution in [0, 0.1) is 13.8 Å². The van der Waals surface area contributed by atoms with E-state index in [1.807, 2.05) is 19.1 Å². The molecular formula is C27H30ClN3O3S. The third kappa shape index (κ3) is 5.97. The molecule has 4 rings (SSSR count). The van der Waals surface area contributed by atoms with Crippen LogP contribution < -0.4 is 14.5 Å². The molecule has 0 bridgehead atoms. The van der Waals surface area contributed by atoms with Crippen molar-refractivity contribution in [3.05, 3.63) is 88.4 Å². The lowest BCUT2D eigenvalue weighted by molar-refractivity contribution is -0.119. The molecule has 0 unspecified atom stereocenters. The zero-order valence-corrected chi connectivity index (χ0v) is 21.6. The summed E-state index contributed by atoms with van der Waals surface area (Å²) in [7, 11) is -3.98. The van der Waals surface area contributed by atoms with Gasteiger partial charge in [0.2, 0.25) is 5.91 Å². The van der Waals surface area contributed by atoms with Crippen LogP contribution in [0.3, 0.4) is 0 Å². The molecule has 0 radical (unpaired) electrons. The van der Waals surface area contributed by atoms with Crippen molar-refractivity contribution in [1.82, 2.24) is 5.32 Å². The fourth-order valence-electron chi connectivity index (χ4n) is 4.22. The van der Waals surface area contributed by atoms with Crippen LogP contribution in [0.2, 0.25) is 5.02 Å². The van der Waals surface area contributed by atoms with Gasteiger partial charge >= 0.3 is 0 Å². The highest BCUT2D eigenvalue weighted by Crippen LogP contribution is 2.29. The largest absolute Gasteiger partial charge is 0.372 e. The molecule has 0 spiro atoms. The van der Waals surface area contributed by atoms with Crippen LogP contribution in [-0.4, -0.2) is 34.0 Å². The number of rotatable bonds is 8. The number of sulfonamides is 1. The van der Waals surface area contributed by atoms with Crippen LogP contribution in [0.5, 0.6) is 0 Å². The lowest BCUT2D eigenvalue weighted by atomic mass is 10.2. The normalized spacial score (nSPS) is 13.6. The minimum Gasteiger partial charge on any atom is -0.372 e. The predicted molar refractivity (Wildman–Crippen MR) is 142 cm³/mol. The van der Waals surface area contributed by atoms with Crippen LogP contribution >= 0.6 is 11.6 Å². The van der Waals surface area contributed by atoms with E-state index in [4.69, 9.17) is 11.6 Å². The van der Waals surface area contributed by atoms with Crippen LogP contribution in [0.1, 0.15) is 29.5 Å². The smallest absolute Gasteiger partial charge is 0.264 e. The summed E-state index contributed by atoms with van der Waals surface area (Å²) in [6, 6.07) is 19.7. The van der Waals surface area contributed by atoms with Gasteiger partial charge in [0, 0.05) is 30.3 Å². The monoisotopic (exact) mass is 511 g/mol. The van der Waals surface area contributed by atoms with Gasteiger partial charge in [-0.05, 0) is 80.3 Å². The average molecular weight is 512 g/mol. The molecule has 1 aliphatic rings. The molecule has 3 aromatic rings. The Balaban J connectivity index is 1.51. The van der Waals surface area contributed by atoms with Gasteiger partial charge in [-0.2, -0.15) is 0 Å². The van der Waals surface area contributed by atoms with Crippen molar-refractivity contribution in [2.45, 2.75) is 38.1 Å². The fraction of sp³-hybridized carbons (Fsp3) is 0.296. The number of benzene rings is 3. The molecule has 0 atom stereocenters. The van der Waals surface area contributed by atoms with Crippen LogP contribution in [0.25, 0.3) is 0 Å². The maximum Gasteiger partial charge on any atom is 0.264 e. The Morgan fingerprint density at radius 3 is 2.26 bits per heavy atom. The molecule has 0 aromatic heterocycles. The molecule has 1 N–H and O–H groups in total. The molecule has 184 valence electrons. The first kappa shape index (κ1) is 25.1. The van der Waals surface area contributed by atoms with Crippen LogP contribution in [0.15, 0.2) is 71.6 Å². The average Bonchev–Trinajstić information content (AvgIpc) is 3.37. The Morgan fingerprint density at radius 2 is 1.63 bits per heavy atom. The van der Waals surface area contributed by atoms with E-state index in [0.717, 1.165) is 28.5 Å². The minimum atomic E-state index is -3.98. The van der Waals surface area contributed by atoms with Gasteiger partial charge in [0.25, 0.3) is 10.0 Å². The second kappa shape index (κ2) is 10.7. The van der Waals surface area contributed by atoms with E-state index in [0.29, 0.717) is 22.8 Å². The van der Waals surface area contributed by atoms with Gasteiger partial charge in [0.05, 0.1) is 10.6 Å². The summed E-state index contributed by atoms with van der Waals surface area (Å²) in [6.45, 7) is 5.79. The van der Waals surface area contributed by atoms with E-state index < -0.39 is 15.9 Å². The fourth-order valence-corrected chi connectivity index (χ4v) is 5.93. The summed E-state index contributed by atoms with van der Waals surface area (Å²) in [6.07, 6.45) is 2.43. The molecule has 1 amide bonds. The first-order valence-electron chi connectivity index (χ1n) is 11.7. The maximum atomic E-state index is 13.6. The summed E-state index contributed by atoms with van der Waals surface area (Å²) in [5.74, 6) is -0.390. The molecular weight excluding hydrogens is 482 g/mol. The van der Waals surface area contributed by atoms with Crippen molar-refractivity contribution in [3.63, 3.8) is 0 Å². The molecule has 0 saturated carbocycles. The number of amides is 1. The standard InChI is InChI=1S/C27H30ClN3O3S/c1-20-5-12-25(13-6-20)35(33,34)31(26-14-9-23(28)17-21(26)2)19-27(32)29-18-22-7-10-24(11-8-22)30-15-3-4-16-30/h5-14,17H,3-4,15-16,18-19H2,1-2H3,(H,29,32). The van der Waals surface area contributed by atoms with Crippen LogP contribution in [-0.2, 0) is 21.4 Å². The molecule has 1 saturated heterocycles. The second-order valence-corrected chi connectivity index (χ2v) is 11.2. The molecule has 8 heteroatoms. The summed E-state index contributed by atoms with van der Waals surface area (Å²) in [5.41, 5.74) is 4.17. The van der Waals surface area contributed by atoms with E-state index in [9.17, 15) is 13.2 Å². The number of hydrogen-bond donors (Lipinski definition) is 1. The highest BCUT2D eigenvalue weighted by Gasteiger charge is 2.28. The molecule has 1 fully saturated rings. The van der Waals surface area contributed by atoms with Crippen molar-refractivity contribution in [2.24, 2.45) is 0 Å². The minimum absolute atomic E-state index is 0.128. The Hall–Kier alpha value is -3.03. The van der Waals surface area contributed by atoms with E-state index in [1.165, 1.54) is 18.5 Å². The Labute approximate surface area is 212 Å². The number of nitrogens with zero attached hydrogens (tertiary/aromatic N) is 2. The van der Waals surface area contributed by atoms with Crippen molar-refractivity contribution in [2.75, 3.05) is 28.8 Å². The zero-order chi connectivity index (χ0) is 25.0. The molecule has 1 heterocycles. The first-order chi connectivity index (χ1) is 16.7. The van der Waals surface area contributed by atoms with Crippen molar-refractivity contribution in [3.8, 4) is 0 Å². The molecule has 1 aliphatic heterocycles. The molecule has 35 heavy (non-hydrogen) atoms. The van der Waals surface area contributed by atoms with E-state index in [2.05, 4.69) is 22.3 Å². The SMILES string of the molecule is Cc1ccc(S(=O)(=O)N(CC(=O)NCc2ccc(N3CCCC3)cc2)c2ccc(Cl)cc2C)cc1. The van der Waals surface area contributed by atoms with Gasteiger partial charge in [-0.25, -0.2) is 8.42 Å². The predicted octanol–water partition coefficient (Wildman–Crippen LogP) is 5.07. The Morgan fingerprint density at radius 1 is 0.971 bits per heavy atom. The summed E-state index contributed by atoms with van der Waals surface area (Å²) >= 11 is 6.10. The summed E-state index contributed by atoms with van der Waals surface area (Å²) < 4.78 is 28.3. The van der Waals surface area contributed by atoms with Crippen molar-refractivity contribution >= 4 is 38.9 Å². The molecule has 6 nitrogen and oxygen atoms in total.